The second-order valence-corrected chi connectivity index (χ2v) is 21.1. The minimum absolute atomic E-state index is 0.111. The number of benzene rings is 3. The van der Waals surface area contributed by atoms with Crippen LogP contribution in [0.5, 0.6) is 0 Å². The number of H-pyrrole nitrogens is 2. The summed E-state index contributed by atoms with van der Waals surface area (Å²) >= 11 is 0. The third-order valence-corrected chi connectivity index (χ3v) is 15.4. The maximum absolute atomic E-state index is 14.0. The van der Waals surface area contributed by atoms with Gasteiger partial charge in [-0.25, -0.2) is 24.1 Å². The van der Waals surface area contributed by atoms with Gasteiger partial charge in [0, 0.05) is 25.1 Å². The fraction of sp³-hybridized carbons (Fsp3) is 0.500. The normalized spacial score (nSPS) is 21.5. The van der Waals surface area contributed by atoms with E-state index in [9.17, 15) is 24.0 Å². The van der Waals surface area contributed by atoms with Crippen LogP contribution in [-0.2, 0) is 31.9 Å². The van der Waals surface area contributed by atoms with Crippen molar-refractivity contribution in [2.75, 3.05) is 27.3 Å². The molecule has 2 aliphatic carbocycles. The number of imidazole rings is 1. The molecule has 15 heteroatoms. The molecule has 4 heterocycles. The average Bonchev–Trinajstić information content (AvgIpc) is 4.20. The van der Waals surface area contributed by atoms with Crippen LogP contribution in [-0.4, -0.2) is 88.1 Å². The number of hydrogen-bond acceptors (Lipinski definition) is 8. The number of carbonyl (C=O) groups is 4. The number of ether oxygens (including phenoxy) is 2. The summed E-state index contributed by atoms with van der Waals surface area (Å²) in [6, 6.07) is 17.2. The van der Waals surface area contributed by atoms with Crippen LogP contribution in [0.2, 0.25) is 0 Å². The van der Waals surface area contributed by atoms with E-state index < -0.39 is 30.3 Å². The Hall–Kier alpha value is -6.51. The van der Waals surface area contributed by atoms with Crippen LogP contribution in [0.1, 0.15) is 109 Å². The molecule has 2 aliphatic heterocycles. The Morgan fingerprint density at radius 1 is 0.754 bits per heavy atom. The number of alkyl carbamates (subject to hydrolysis) is 2. The third kappa shape index (κ3) is 9.24. The first-order chi connectivity index (χ1) is 33.1. The fourth-order valence-corrected chi connectivity index (χ4v) is 11.8. The van der Waals surface area contributed by atoms with Crippen LogP contribution in [0.25, 0.3) is 44.4 Å². The second kappa shape index (κ2) is 19.1. The Bertz CT molecular complexity index is 2830. The molecular weight excluding hydrogens is 873 g/mol. The van der Waals surface area contributed by atoms with Gasteiger partial charge in [0.25, 0.3) is 5.56 Å². The van der Waals surface area contributed by atoms with Crippen molar-refractivity contribution in [3.63, 3.8) is 0 Å². The molecule has 4 N–H and O–H groups in total. The Labute approximate surface area is 403 Å². The van der Waals surface area contributed by atoms with E-state index in [1.165, 1.54) is 56.6 Å². The monoisotopic (exact) mass is 940 g/mol. The zero-order valence-electron chi connectivity index (χ0n) is 41.2. The van der Waals surface area contributed by atoms with Crippen LogP contribution in [0.4, 0.5) is 9.59 Å². The summed E-state index contributed by atoms with van der Waals surface area (Å²) in [5.74, 6) is 0.277. The predicted molar refractivity (Wildman–Crippen MR) is 263 cm³/mol. The van der Waals surface area contributed by atoms with Gasteiger partial charge in [-0.05, 0) is 119 Å². The first-order valence-electron chi connectivity index (χ1n) is 24.8. The Kier molecular flexibility index (Phi) is 13.2. The van der Waals surface area contributed by atoms with E-state index in [-0.39, 0.29) is 46.7 Å². The summed E-state index contributed by atoms with van der Waals surface area (Å²) in [6.07, 6.45) is 10.9. The van der Waals surface area contributed by atoms with E-state index in [0.29, 0.717) is 42.2 Å². The lowest BCUT2D eigenvalue weighted by atomic mass is 9.82. The molecule has 0 bridgehead atoms. The molecule has 5 aromatic rings. The van der Waals surface area contributed by atoms with Gasteiger partial charge >= 0.3 is 12.2 Å². The van der Waals surface area contributed by atoms with Gasteiger partial charge in [-0.1, -0.05) is 84.7 Å². The molecule has 1 saturated carbocycles. The van der Waals surface area contributed by atoms with Gasteiger partial charge in [-0.2, -0.15) is 0 Å². The molecule has 3 aromatic carbocycles. The van der Waals surface area contributed by atoms with Crippen molar-refractivity contribution >= 4 is 34.9 Å². The van der Waals surface area contributed by atoms with Crippen molar-refractivity contribution in [1.29, 1.82) is 0 Å². The lowest BCUT2D eigenvalue weighted by Crippen LogP contribution is -2.55. The van der Waals surface area contributed by atoms with Crippen molar-refractivity contribution in [3.05, 3.63) is 94.4 Å². The Morgan fingerprint density at radius 3 is 1.91 bits per heavy atom. The molecule has 3 fully saturated rings. The topological polar surface area (TPSA) is 183 Å². The maximum Gasteiger partial charge on any atom is 0.407 e. The van der Waals surface area contributed by atoms with Gasteiger partial charge in [0.05, 0.1) is 31.2 Å². The van der Waals surface area contributed by atoms with Gasteiger partial charge in [-0.3, -0.25) is 14.4 Å². The van der Waals surface area contributed by atoms with E-state index >= 15 is 0 Å². The molecule has 69 heavy (non-hydrogen) atoms. The second-order valence-electron chi connectivity index (χ2n) is 21.1. The molecule has 9 rings (SSSR count). The molecule has 0 unspecified atom stereocenters. The number of fused-ring (bicyclic) bond motifs is 2. The van der Waals surface area contributed by atoms with Gasteiger partial charge in [0.2, 0.25) is 18.1 Å². The molecule has 364 valence electrons. The molecule has 6 atom stereocenters. The molecule has 4 aliphatic rings. The van der Waals surface area contributed by atoms with Crippen molar-refractivity contribution in [1.82, 2.24) is 35.4 Å². The molecule has 2 aromatic heterocycles. The minimum atomic E-state index is -0.782. The highest BCUT2D eigenvalue weighted by molar-refractivity contribution is 5.89. The standard InChI is InChI=1S/C54H66N8O7/c1-30(2)46(57-52(66)68-7)50(64)61-26-32(5)21-44(61)48-56-42-18-15-36(23-39(42)49(63)59-48)38-17-16-37(40-24-54(25-41(38)40)19-9-10-20-54)34-11-13-35(14-12-34)43-28-60(29-55-43)45-22-33(6)27-62(45)51(65)47(31(3)4)58-53(67)69-8/h11-18,23,28-33,44-47H,9-10,19-22,24-27H2,1-8H3,(H3,56,57,58,59,63,66,67)/p+1/t32-,33-,44-,45-,46-,47-/m0/s1. The van der Waals surface area contributed by atoms with E-state index in [4.69, 9.17) is 14.5 Å². The SMILES string of the molecule is COC(=O)N[C@H](C(=O)N1C[C@@H](C)C[C@H]1[n+]1c[nH]c(-c2ccc(-c3ccc(-c4ccc5nc([C@@H]6C[C@H](C)CN6C(=O)[C@@H](NC(=O)OC)C(C)C)[nH]c(=O)c5c4)c4c3CC3(CCCC3)C4)cc2)c1)C(C)C. The fourth-order valence-electron chi connectivity index (χ4n) is 11.8. The molecule has 15 nitrogen and oxygen atoms in total. The van der Waals surface area contributed by atoms with E-state index in [1.54, 1.807) is 4.90 Å². The number of nitrogens with one attached hydrogen (secondary N) is 4. The van der Waals surface area contributed by atoms with E-state index in [1.807, 2.05) is 51.1 Å². The largest absolute Gasteiger partial charge is 0.453 e. The third-order valence-electron chi connectivity index (χ3n) is 15.4. The molecule has 1 spiro atoms. The van der Waals surface area contributed by atoms with E-state index in [2.05, 4.69) is 87.7 Å². The first kappa shape index (κ1) is 47.6. The van der Waals surface area contributed by atoms with Crippen molar-refractivity contribution in [2.24, 2.45) is 29.1 Å². The lowest BCUT2D eigenvalue weighted by molar-refractivity contribution is -0.736. The number of nitrogens with zero attached hydrogens (tertiary/aromatic N) is 4. The predicted octanol–water partition coefficient (Wildman–Crippen LogP) is 8.24. The number of aromatic nitrogens is 4. The number of methoxy groups -OCH3 is 2. The van der Waals surface area contributed by atoms with Crippen LogP contribution in [0.15, 0.2) is 71.9 Å². The molecule has 0 radical (unpaired) electrons. The number of carbonyl (C=O) groups excluding carboxylic acids is 4. The summed E-state index contributed by atoms with van der Waals surface area (Å²) in [7, 11) is 2.58. The molecule has 2 saturated heterocycles. The minimum Gasteiger partial charge on any atom is -0.453 e. The zero-order chi connectivity index (χ0) is 48.9. The summed E-state index contributed by atoms with van der Waals surface area (Å²) < 4.78 is 11.7. The summed E-state index contributed by atoms with van der Waals surface area (Å²) in [4.78, 5) is 81.3. The Balaban J connectivity index is 0.981. The van der Waals surface area contributed by atoms with Gasteiger partial charge < -0.3 is 34.9 Å². The van der Waals surface area contributed by atoms with Crippen LogP contribution in [0, 0.1) is 29.1 Å². The van der Waals surface area contributed by atoms with Crippen molar-refractivity contribution in [2.45, 2.75) is 117 Å². The zero-order valence-corrected chi connectivity index (χ0v) is 41.2. The lowest BCUT2D eigenvalue weighted by Gasteiger charge is -2.30. The summed E-state index contributed by atoms with van der Waals surface area (Å²) in [6.45, 7) is 12.9. The van der Waals surface area contributed by atoms with Crippen LogP contribution >= 0.6 is 0 Å². The smallest absolute Gasteiger partial charge is 0.407 e. The van der Waals surface area contributed by atoms with Gasteiger partial charge in [0.15, 0.2) is 11.9 Å². The number of aromatic amines is 2. The molecule has 4 amide bonds. The number of amides is 4. The summed E-state index contributed by atoms with van der Waals surface area (Å²) in [5.41, 5.74) is 9.76. The van der Waals surface area contributed by atoms with Crippen molar-refractivity contribution < 1.29 is 33.2 Å². The number of hydrogen-bond donors (Lipinski definition) is 4. The Morgan fingerprint density at radius 2 is 1.30 bits per heavy atom. The quantitative estimate of drug-likeness (QED) is 0.0956. The van der Waals surface area contributed by atoms with Crippen molar-refractivity contribution in [3.8, 4) is 33.5 Å². The number of rotatable bonds is 11. The van der Waals surface area contributed by atoms with E-state index in [0.717, 1.165) is 47.2 Å². The number of likely N-dealkylation sites (tertiary alicyclic amines) is 2. The van der Waals surface area contributed by atoms with Gasteiger partial charge in [0.1, 0.15) is 24.1 Å². The highest BCUT2D eigenvalue weighted by Gasteiger charge is 2.44. The average molecular weight is 940 g/mol. The van der Waals surface area contributed by atoms with Gasteiger partial charge in [-0.15, -0.1) is 0 Å². The molecular formula is C54H67N8O7+. The highest BCUT2D eigenvalue weighted by Crippen LogP contribution is 2.53. The van der Waals surface area contributed by atoms with Crippen LogP contribution < -0.4 is 20.8 Å². The summed E-state index contributed by atoms with van der Waals surface area (Å²) in [5, 5.41) is 5.95. The van der Waals surface area contributed by atoms with Crippen LogP contribution in [0.3, 0.4) is 0 Å². The first-order valence-corrected chi connectivity index (χ1v) is 24.8. The maximum atomic E-state index is 14.0. The highest BCUT2D eigenvalue weighted by atomic mass is 16.5.